The maximum atomic E-state index is 11.9. The lowest BCUT2D eigenvalue weighted by Gasteiger charge is -2.23. The van der Waals surface area contributed by atoms with E-state index in [1.165, 1.54) is 19.3 Å². The Kier molecular flexibility index (Phi) is 4.76. The van der Waals surface area contributed by atoms with Crippen molar-refractivity contribution < 1.29 is 4.79 Å². The van der Waals surface area contributed by atoms with Gasteiger partial charge in [-0.2, -0.15) is 0 Å². The number of rotatable bonds is 4. The maximum absolute atomic E-state index is 11.9. The molecule has 3 N–H and O–H groups in total. The molecule has 0 saturated heterocycles. The molecule has 0 aliphatic heterocycles. The Morgan fingerprint density at radius 2 is 2.10 bits per heavy atom. The standard InChI is InChI=1S/C17H27N3O/c1-5-12-6-8-15(11(12)2)19-16-9-7-13(10-14(16)18)17(21)20(3)4/h7,9-12,15,19H,5-6,8,18H2,1-4H3. The fourth-order valence-corrected chi connectivity index (χ4v) is 3.31. The SMILES string of the molecule is CCC1CCC(Nc2ccc(C(=O)N(C)C)cc2N)C1C. The quantitative estimate of drug-likeness (QED) is 0.837. The van der Waals surface area contributed by atoms with E-state index in [2.05, 4.69) is 19.2 Å². The molecule has 0 radical (unpaired) electrons. The molecule has 3 unspecified atom stereocenters. The van der Waals surface area contributed by atoms with E-state index < -0.39 is 0 Å². The lowest BCUT2D eigenvalue weighted by atomic mass is 9.93. The van der Waals surface area contributed by atoms with Gasteiger partial charge in [-0.05, 0) is 42.9 Å². The first-order valence-corrected chi connectivity index (χ1v) is 7.81. The monoisotopic (exact) mass is 289 g/mol. The molecule has 1 amide bonds. The van der Waals surface area contributed by atoms with Crippen LogP contribution in [0.5, 0.6) is 0 Å². The number of nitrogens with one attached hydrogen (secondary N) is 1. The van der Waals surface area contributed by atoms with Gasteiger partial charge >= 0.3 is 0 Å². The molecule has 0 bridgehead atoms. The molecule has 0 heterocycles. The Bertz CT molecular complexity index is 513. The van der Waals surface area contributed by atoms with Crippen molar-refractivity contribution in [3.63, 3.8) is 0 Å². The first-order valence-electron chi connectivity index (χ1n) is 7.81. The number of carbonyl (C=O) groups excluding carboxylic acids is 1. The molecule has 3 atom stereocenters. The number of benzene rings is 1. The fraction of sp³-hybridized carbons (Fsp3) is 0.588. The summed E-state index contributed by atoms with van der Waals surface area (Å²) in [5.41, 5.74) is 8.34. The molecule has 1 aliphatic rings. The van der Waals surface area contributed by atoms with Crippen LogP contribution in [-0.4, -0.2) is 30.9 Å². The minimum atomic E-state index is -0.0199. The van der Waals surface area contributed by atoms with E-state index in [1.807, 2.05) is 12.1 Å². The van der Waals surface area contributed by atoms with Crippen LogP contribution in [0.3, 0.4) is 0 Å². The number of nitrogen functional groups attached to an aromatic ring is 1. The van der Waals surface area contributed by atoms with Gasteiger partial charge in [0.2, 0.25) is 0 Å². The Morgan fingerprint density at radius 3 is 2.62 bits per heavy atom. The van der Waals surface area contributed by atoms with Crippen LogP contribution in [0.15, 0.2) is 18.2 Å². The van der Waals surface area contributed by atoms with E-state index in [9.17, 15) is 4.79 Å². The van der Waals surface area contributed by atoms with Gasteiger partial charge in [0.15, 0.2) is 0 Å². The Morgan fingerprint density at radius 1 is 1.38 bits per heavy atom. The molecule has 1 aromatic rings. The van der Waals surface area contributed by atoms with Crippen molar-refractivity contribution >= 4 is 17.3 Å². The number of hydrogen-bond acceptors (Lipinski definition) is 3. The first-order chi connectivity index (χ1) is 9.93. The second kappa shape index (κ2) is 6.37. The molecule has 2 rings (SSSR count). The van der Waals surface area contributed by atoms with Gasteiger partial charge in [-0.15, -0.1) is 0 Å². The fourth-order valence-electron chi connectivity index (χ4n) is 3.31. The van der Waals surface area contributed by atoms with Crippen LogP contribution in [0, 0.1) is 11.8 Å². The molecule has 0 spiro atoms. The van der Waals surface area contributed by atoms with E-state index in [-0.39, 0.29) is 5.91 Å². The number of nitrogens with zero attached hydrogens (tertiary/aromatic N) is 1. The second-order valence-electron chi connectivity index (χ2n) is 6.36. The minimum Gasteiger partial charge on any atom is -0.397 e. The van der Waals surface area contributed by atoms with Crippen molar-refractivity contribution in [3.8, 4) is 0 Å². The number of amides is 1. The summed E-state index contributed by atoms with van der Waals surface area (Å²) in [4.78, 5) is 13.5. The van der Waals surface area contributed by atoms with Gasteiger partial charge < -0.3 is 16.0 Å². The van der Waals surface area contributed by atoms with E-state index >= 15 is 0 Å². The third kappa shape index (κ3) is 3.31. The average Bonchev–Trinajstić information content (AvgIpc) is 2.80. The summed E-state index contributed by atoms with van der Waals surface area (Å²) < 4.78 is 0. The van der Waals surface area contributed by atoms with Crippen molar-refractivity contribution in [3.05, 3.63) is 23.8 Å². The largest absolute Gasteiger partial charge is 0.397 e. The highest BCUT2D eigenvalue weighted by Crippen LogP contribution is 2.36. The van der Waals surface area contributed by atoms with Gasteiger partial charge in [0, 0.05) is 25.7 Å². The van der Waals surface area contributed by atoms with Crippen LogP contribution in [0.2, 0.25) is 0 Å². The number of carbonyl (C=O) groups is 1. The Balaban J connectivity index is 2.10. The van der Waals surface area contributed by atoms with Crippen LogP contribution in [0.1, 0.15) is 43.5 Å². The zero-order chi connectivity index (χ0) is 15.6. The lowest BCUT2D eigenvalue weighted by molar-refractivity contribution is 0.0827. The van der Waals surface area contributed by atoms with Crippen molar-refractivity contribution in [1.29, 1.82) is 0 Å². The lowest BCUT2D eigenvalue weighted by Crippen LogP contribution is -2.25. The summed E-state index contributed by atoms with van der Waals surface area (Å²) in [5, 5.41) is 3.57. The Hall–Kier alpha value is -1.71. The maximum Gasteiger partial charge on any atom is 0.253 e. The van der Waals surface area contributed by atoms with Gasteiger partial charge in [0.05, 0.1) is 11.4 Å². The topological polar surface area (TPSA) is 58.4 Å². The predicted molar refractivity (Wildman–Crippen MR) is 88.5 cm³/mol. The zero-order valence-corrected chi connectivity index (χ0v) is 13.5. The third-order valence-electron chi connectivity index (χ3n) is 4.80. The Labute approximate surface area is 127 Å². The van der Waals surface area contributed by atoms with Crippen LogP contribution >= 0.6 is 0 Å². The highest BCUT2D eigenvalue weighted by Gasteiger charge is 2.31. The molecule has 4 nitrogen and oxygen atoms in total. The molecule has 1 saturated carbocycles. The highest BCUT2D eigenvalue weighted by atomic mass is 16.2. The predicted octanol–water partition coefficient (Wildman–Crippen LogP) is 3.21. The summed E-state index contributed by atoms with van der Waals surface area (Å²) in [6.45, 7) is 4.58. The minimum absolute atomic E-state index is 0.0199. The molecule has 116 valence electrons. The van der Waals surface area contributed by atoms with E-state index in [0.717, 1.165) is 11.6 Å². The highest BCUT2D eigenvalue weighted by molar-refractivity contribution is 5.95. The zero-order valence-electron chi connectivity index (χ0n) is 13.5. The van der Waals surface area contributed by atoms with E-state index in [1.54, 1.807) is 25.1 Å². The summed E-state index contributed by atoms with van der Waals surface area (Å²) in [6, 6.07) is 6.02. The molecule has 0 aromatic heterocycles. The van der Waals surface area contributed by atoms with Crippen LogP contribution in [-0.2, 0) is 0 Å². The molecule has 1 aromatic carbocycles. The summed E-state index contributed by atoms with van der Waals surface area (Å²) in [7, 11) is 3.49. The van der Waals surface area contributed by atoms with Crippen molar-refractivity contribution in [2.24, 2.45) is 11.8 Å². The van der Waals surface area contributed by atoms with Crippen LogP contribution in [0.4, 0.5) is 11.4 Å². The molecule has 1 fully saturated rings. The average molecular weight is 289 g/mol. The first kappa shape index (κ1) is 15.7. The third-order valence-corrected chi connectivity index (χ3v) is 4.80. The van der Waals surface area contributed by atoms with Crippen LogP contribution < -0.4 is 11.1 Å². The number of nitrogens with two attached hydrogens (primary N) is 1. The summed E-state index contributed by atoms with van der Waals surface area (Å²) in [6.07, 6.45) is 3.72. The summed E-state index contributed by atoms with van der Waals surface area (Å²) >= 11 is 0. The normalized spacial score (nSPS) is 24.9. The van der Waals surface area contributed by atoms with Crippen molar-refractivity contribution in [1.82, 2.24) is 4.90 Å². The second-order valence-corrected chi connectivity index (χ2v) is 6.36. The van der Waals surface area contributed by atoms with E-state index in [0.29, 0.717) is 23.2 Å². The van der Waals surface area contributed by atoms with Gasteiger partial charge in [-0.3, -0.25) is 4.79 Å². The van der Waals surface area contributed by atoms with Crippen LogP contribution in [0.25, 0.3) is 0 Å². The molecule has 1 aliphatic carbocycles. The molecular formula is C17H27N3O. The number of hydrogen-bond donors (Lipinski definition) is 2. The molecule has 21 heavy (non-hydrogen) atoms. The van der Waals surface area contributed by atoms with Gasteiger partial charge in [0.25, 0.3) is 5.91 Å². The summed E-state index contributed by atoms with van der Waals surface area (Å²) in [5.74, 6) is 1.45. The van der Waals surface area contributed by atoms with Gasteiger partial charge in [-0.1, -0.05) is 20.3 Å². The van der Waals surface area contributed by atoms with E-state index in [4.69, 9.17) is 5.73 Å². The molecule has 4 heteroatoms. The van der Waals surface area contributed by atoms with Gasteiger partial charge in [-0.25, -0.2) is 0 Å². The van der Waals surface area contributed by atoms with Gasteiger partial charge in [0.1, 0.15) is 0 Å². The van der Waals surface area contributed by atoms with Crippen molar-refractivity contribution in [2.75, 3.05) is 25.1 Å². The van der Waals surface area contributed by atoms with Crippen molar-refractivity contribution in [2.45, 2.75) is 39.2 Å². The smallest absolute Gasteiger partial charge is 0.253 e. The molecular weight excluding hydrogens is 262 g/mol. The number of anilines is 2.